The first kappa shape index (κ1) is 19.0. The monoisotopic (exact) mass is 384 g/mol. The Morgan fingerprint density at radius 2 is 1.89 bits per heavy atom. The quantitative estimate of drug-likeness (QED) is 0.780. The maximum Gasteiger partial charge on any atom is 0.295 e. The van der Waals surface area contributed by atoms with Crippen LogP contribution in [0.15, 0.2) is 48.5 Å². The molecule has 1 unspecified atom stereocenters. The molecule has 3 rings (SSSR count). The molecule has 0 bridgehead atoms. The number of rotatable bonds is 5. The van der Waals surface area contributed by atoms with E-state index >= 15 is 0 Å². The van der Waals surface area contributed by atoms with Crippen molar-refractivity contribution in [2.24, 2.45) is 0 Å². The van der Waals surface area contributed by atoms with Gasteiger partial charge >= 0.3 is 0 Å². The Labute approximate surface area is 162 Å². The Hall–Kier alpha value is -2.80. The van der Waals surface area contributed by atoms with Gasteiger partial charge in [-0.3, -0.25) is 19.3 Å². The minimum atomic E-state index is -0.937. The molecule has 0 saturated carbocycles. The molecule has 0 spiro atoms. The van der Waals surface area contributed by atoms with E-state index in [1.165, 1.54) is 11.8 Å². The third-order valence-electron chi connectivity index (χ3n) is 4.09. The van der Waals surface area contributed by atoms with E-state index in [1.54, 1.807) is 42.5 Å². The molecule has 1 heterocycles. The molecule has 2 aromatic carbocycles. The Bertz CT molecular complexity index is 882. The van der Waals surface area contributed by atoms with Crippen molar-refractivity contribution in [1.29, 1.82) is 0 Å². The maximum absolute atomic E-state index is 13.0. The third-order valence-corrected chi connectivity index (χ3v) is 5.11. The van der Waals surface area contributed by atoms with E-state index in [4.69, 9.17) is 4.74 Å². The molecule has 1 aliphatic heterocycles. The molecule has 2 aromatic rings. The molecule has 0 N–H and O–H groups in total. The van der Waals surface area contributed by atoms with Gasteiger partial charge in [-0.2, -0.15) is 0 Å². The van der Waals surface area contributed by atoms with E-state index in [0.29, 0.717) is 23.7 Å². The molecule has 27 heavy (non-hydrogen) atoms. The summed E-state index contributed by atoms with van der Waals surface area (Å²) in [4.78, 5) is 40.3. The first-order valence-electron chi connectivity index (χ1n) is 8.56. The highest BCUT2D eigenvalue weighted by Crippen LogP contribution is 2.36. The lowest BCUT2D eigenvalue weighted by atomic mass is 10.2. The molecule has 7 heteroatoms. The molecular formula is C20H20N2O4S. The molecular weight excluding hydrogens is 364 g/mol. The number of hydrogen-bond donors (Lipinski definition) is 0. The Balaban J connectivity index is 1.91. The number of hydrogen-bond acceptors (Lipinski definition) is 5. The van der Waals surface area contributed by atoms with Gasteiger partial charge in [0.25, 0.3) is 11.1 Å². The predicted octanol–water partition coefficient (Wildman–Crippen LogP) is 3.97. The second-order valence-electron chi connectivity index (χ2n) is 6.06. The van der Waals surface area contributed by atoms with Gasteiger partial charge in [0.15, 0.2) is 5.37 Å². The van der Waals surface area contributed by atoms with E-state index in [2.05, 4.69) is 0 Å². The van der Waals surface area contributed by atoms with Gasteiger partial charge in [-0.15, -0.1) is 0 Å². The van der Waals surface area contributed by atoms with Crippen LogP contribution in [0.2, 0.25) is 0 Å². The molecule has 1 atom stereocenters. The first-order chi connectivity index (χ1) is 12.9. The average molecular weight is 384 g/mol. The summed E-state index contributed by atoms with van der Waals surface area (Å²) in [6, 6.07) is 14.0. The zero-order valence-corrected chi connectivity index (χ0v) is 16.2. The van der Waals surface area contributed by atoms with E-state index < -0.39 is 16.5 Å². The summed E-state index contributed by atoms with van der Waals surface area (Å²) in [5, 5.41) is -1.33. The maximum atomic E-state index is 13.0. The highest BCUT2D eigenvalue weighted by Gasteiger charge is 2.45. The summed E-state index contributed by atoms with van der Waals surface area (Å²) >= 11 is 0.839. The predicted molar refractivity (Wildman–Crippen MR) is 106 cm³/mol. The fourth-order valence-corrected chi connectivity index (χ4v) is 3.99. The fourth-order valence-electron chi connectivity index (χ4n) is 2.91. The van der Waals surface area contributed by atoms with Crippen molar-refractivity contribution in [3.05, 3.63) is 54.1 Å². The zero-order valence-electron chi connectivity index (χ0n) is 15.3. The second kappa shape index (κ2) is 7.84. The van der Waals surface area contributed by atoms with Gasteiger partial charge in [0.1, 0.15) is 5.75 Å². The highest BCUT2D eigenvalue weighted by molar-refractivity contribution is 8.16. The molecule has 140 valence electrons. The number of anilines is 2. The summed E-state index contributed by atoms with van der Waals surface area (Å²) in [6.07, 6.45) is 0. The highest BCUT2D eigenvalue weighted by atomic mass is 32.2. The average Bonchev–Trinajstić information content (AvgIpc) is 2.91. The van der Waals surface area contributed by atoms with Crippen molar-refractivity contribution in [3.8, 4) is 5.75 Å². The number of carbonyl (C=O) groups excluding carboxylic acids is 3. The standard InChI is InChI=1S/C20H20N2O4S/c1-4-26-17-10-8-15(9-11-17)21(14(3)23)19-18(24)22(20(25)27-19)16-7-5-6-13(2)12-16/h5-12,19H,4H2,1-3H3. The molecule has 1 aliphatic rings. The number of ether oxygens (including phenoxy) is 1. The van der Waals surface area contributed by atoms with E-state index in [0.717, 1.165) is 22.2 Å². The van der Waals surface area contributed by atoms with Gasteiger partial charge < -0.3 is 4.74 Å². The van der Waals surface area contributed by atoms with Gasteiger partial charge in [-0.25, -0.2) is 4.90 Å². The van der Waals surface area contributed by atoms with Crippen molar-refractivity contribution >= 4 is 40.2 Å². The van der Waals surface area contributed by atoms with Crippen molar-refractivity contribution in [1.82, 2.24) is 0 Å². The van der Waals surface area contributed by atoms with E-state index in [9.17, 15) is 14.4 Å². The summed E-state index contributed by atoms with van der Waals surface area (Å²) in [5.74, 6) is -0.0730. The van der Waals surface area contributed by atoms with Crippen LogP contribution in [0.1, 0.15) is 19.4 Å². The Kier molecular flexibility index (Phi) is 5.51. The van der Waals surface area contributed by atoms with E-state index in [-0.39, 0.29) is 5.91 Å². The number of nitrogens with zero attached hydrogens (tertiary/aromatic N) is 2. The van der Waals surface area contributed by atoms with Crippen LogP contribution in [-0.4, -0.2) is 29.0 Å². The van der Waals surface area contributed by atoms with Crippen LogP contribution in [0.4, 0.5) is 16.2 Å². The topological polar surface area (TPSA) is 66.9 Å². The Morgan fingerprint density at radius 1 is 1.19 bits per heavy atom. The van der Waals surface area contributed by atoms with Gasteiger partial charge in [-0.1, -0.05) is 12.1 Å². The largest absolute Gasteiger partial charge is 0.494 e. The van der Waals surface area contributed by atoms with Gasteiger partial charge in [0.2, 0.25) is 5.91 Å². The number of benzene rings is 2. The van der Waals surface area contributed by atoms with Crippen LogP contribution in [0, 0.1) is 6.92 Å². The zero-order chi connectivity index (χ0) is 19.6. The van der Waals surface area contributed by atoms with Crippen LogP contribution in [0.25, 0.3) is 0 Å². The summed E-state index contributed by atoms with van der Waals surface area (Å²) in [6.45, 7) is 5.69. The SMILES string of the molecule is CCOc1ccc(N(C(C)=O)C2SC(=O)N(c3cccc(C)c3)C2=O)cc1. The van der Waals surface area contributed by atoms with Crippen molar-refractivity contribution < 1.29 is 19.1 Å². The van der Waals surface area contributed by atoms with Crippen LogP contribution < -0.4 is 14.5 Å². The van der Waals surface area contributed by atoms with Crippen LogP contribution in [-0.2, 0) is 9.59 Å². The summed E-state index contributed by atoms with van der Waals surface area (Å²) in [7, 11) is 0. The van der Waals surface area contributed by atoms with Crippen LogP contribution in [0.3, 0.4) is 0 Å². The first-order valence-corrected chi connectivity index (χ1v) is 9.44. The second-order valence-corrected chi connectivity index (χ2v) is 7.10. The minimum absolute atomic E-state index is 0.316. The Morgan fingerprint density at radius 3 is 2.48 bits per heavy atom. The summed E-state index contributed by atoms with van der Waals surface area (Å²) < 4.78 is 5.41. The molecule has 0 aromatic heterocycles. The lowest BCUT2D eigenvalue weighted by Crippen LogP contribution is -2.44. The number of thioether (sulfide) groups is 1. The van der Waals surface area contributed by atoms with Gasteiger partial charge in [0, 0.05) is 12.6 Å². The molecule has 1 saturated heterocycles. The fraction of sp³-hybridized carbons (Fsp3) is 0.250. The van der Waals surface area contributed by atoms with Crippen molar-refractivity contribution in [3.63, 3.8) is 0 Å². The molecule has 1 fully saturated rings. The van der Waals surface area contributed by atoms with Gasteiger partial charge in [-0.05, 0) is 67.6 Å². The third kappa shape index (κ3) is 3.83. The minimum Gasteiger partial charge on any atom is -0.494 e. The van der Waals surface area contributed by atoms with Crippen molar-refractivity contribution in [2.75, 3.05) is 16.4 Å². The number of amides is 3. The normalized spacial score (nSPS) is 16.6. The summed E-state index contributed by atoms with van der Waals surface area (Å²) in [5.41, 5.74) is 1.99. The number of imide groups is 1. The van der Waals surface area contributed by atoms with Crippen molar-refractivity contribution in [2.45, 2.75) is 26.1 Å². The number of carbonyl (C=O) groups is 3. The van der Waals surface area contributed by atoms with E-state index in [1.807, 2.05) is 19.9 Å². The molecule has 0 aliphatic carbocycles. The van der Waals surface area contributed by atoms with Crippen LogP contribution >= 0.6 is 11.8 Å². The van der Waals surface area contributed by atoms with Crippen LogP contribution in [0.5, 0.6) is 5.75 Å². The lowest BCUT2D eigenvalue weighted by molar-refractivity contribution is -0.121. The lowest BCUT2D eigenvalue weighted by Gasteiger charge is -2.25. The smallest absolute Gasteiger partial charge is 0.295 e. The molecule has 6 nitrogen and oxygen atoms in total. The molecule has 3 amide bonds. The number of aryl methyl sites for hydroxylation is 1. The van der Waals surface area contributed by atoms with Gasteiger partial charge in [0.05, 0.1) is 12.3 Å². The molecule has 0 radical (unpaired) electrons.